The molecule has 11 heteroatoms. The number of hydrogen-bond acceptors (Lipinski definition) is 6. The van der Waals surface area contributed by atoms with E-state index in [0.29, 0.717) is 35.1 Å². The average molecular weight is 494 g/mol. The van der Waals surface area contributed by atoms with E-state index in [4.69, 9.17) is 0 Å². The molecule has 1 aromatic carbocycles. The van der Waals surface area contributed by atoms with Crippen molar-refractivity contribution in [3.05, 3.63) is 52.8 Å². The third-order valence-corrected chi connectivity index (χ3v) is 7.01. The summed E-state index contributed by atoms with van der Waals surface area (Å²) in [6, 6.07) is 5.92. The van der Waals surface area contributed by atoms with Crippen molar-refractivity contribution >= 4 is 18.3 Å². The van der Waals surface area contributed by atoms with Crippen LogP contribution >= 0.6 is 0 Å². The fourth-order valence-corrected chi connectivity index (χ4v) is 5.25. The molecule has 35 heavy (non-hydrogen) atoms. The van der Waals surface area contributed by atoms with Crippen LogP contribution in [-0.2, 0) is 6.42 Å². The topological polar surface area (TPSA) is 71.9 Å². The number of benzene rings is 1. The van der Waals surface area contributed by atoms with E-state index in [9.17, 15) is 27.6 Å². The molecular formula is C24H31BF4N4O2. The van der Waals surface area contributed by atoms with Crippen molar-refractivity contribution < 1.29 is 27.6 Å². The quantitative estimate of drug-likeness (QED) is 0.387. The molecule has 0 aliphatic carbocycles. The molecule has 1 fully saturated rings. The lowest BCUT2D eigenvalue weighted by atomic mass is 9.72. The van der Waals surface area contributed by atoms with Crippen LogP contribution in [0.1, 0.15) is 41.8 Å². The molecule has 2 atom stereocenters. The summed E-state index contributed by atoms with van der Waals surface area (Å²) in [5.74, 6) is 0. The first-order valence-corrected chi connectivity index (χ1v) is 11.9. The predicted octanol–water partition coefficient (Wildman–Crippen LogP) is 2.42. The largest absolute Gasteiger partial charge is 0.488 e. The minimum atomic E-state index is -4.37. The smallest absolute Gasteiger partial charge is 0.423 e. The first kappa shape index (κ1) is 25.9. The van der Waals surface area contributed by atoms with Gasteiger partial charge in [0.2, 0.25) is 0 Å². The van der Waals surface area contributed by atoms with Gasteiger partial charge in [-0.05, 0) is 61.0 Å². The van der Waals surface area contributed by atoms with Gasteiger partial charge in [-0.15, -0.1) is 0 Å². The number of rotatable bonds is 8. The number of pyridine rings is 1. The van der Waals surface area contributed by atoms with E-state index >= 15 is 0 Å². The fourth-order valence-electron chi connectivity index (χ4n) is 5.25. The maximum absolute atomic E-state index is 13.5. The minimum absolute atomic E-state index is 0.227. The molecule has 3 N–H and O–H groups in total. The van der Waals surface area contributed by atoms with Gasteiger partial charge in [0.15, 0.2) is 0 Å². The van der Waals surface area contributed by atoms with E-state index < -0.39 is 31.9 Å². The van der Waals surface area contributed by atoms with Crippen LogP contribution in [0.5, 0.6) is 0 Å². The van der Waals surface area contributed by atoms with Crippen molar-refractivity contribution in [3.8, 4) is 0 Å². The number of nitrogens with zero attached hydrogens (tertiary/aromatic N) is 3. The predicted molar refractivity (Wildman–Crippen MR) is 127 cm³/mol. The zero-order valence-corrected chi connectivity index (χ0v) is 19.9. The van der Waals surface area contributed by atoms with Crippen LogP contribution < -0.4 is 10.8 Å². The van der Waals surface area contributed by atoms with Crippen LogP contribution in [0.15, 0.2) is 30.5 Å². The van der Waals surface area contributed by atoms with Gasteiger partial charge >= 0.3 is 13.3 Å². The van der Waals surface area contributed by atoms with Gasteiger partial charge in [-0.25, -0.2) is 0 Å². The van der Waals surface area contributed by atoms with Crippen LogP contribution in [-0.4, -0.2) is 83.1 Å². The van der Waals surface area contributed by atoms with Gasteiger partial charge < -0.3 is 15.4 Å². The Labute approximate surface area is 203 Å². The van der Waals surface area contributed by atoms with Crippen molar-refractivity contribution in [1.29, 1.82) is 0 Å². The Kier molecular flexibility index (Phi) is 7.70. The third-order valence-electron chi connectivity index (χ3n) is 7.01. The second-order valence-electron chi connectivity index (χ2n) is 9.58. The number of alkyl halides is 4. The molecule has 190 valence electrons. The number of halogens is 4. The lowest BCUT2D eigenvalue weighted by molar-refractivity contribution is -0.155. The van der Waals surface area contributed by atoms with E-state index in [-0.39, 0.29) is 12.7 Å². The molecule has 6 nitrogen and oxygen atoms in total. The van der Waals surface area contributed by atoms with E-state index in [1.54, 1.807) is 38.2 Å². The number of hydrogen-bond donors (Lipinski definition) is 3. The fraction of sp³-hybridized carbons (Fsp3) is 0.542. The van der Waals surface area contributed by atoms with Crippen LogP contribution in [0.3, 0.4) is 0 Å². The summed E-state index contributed by atoms with van der Waals surface area (Å²) in [6.07, 6.45) is -1.84. The van der Waals surface area contributed by atoms with Crippen LogP contribution in [0.2, 0.25) is 0 Å². The number of fused-ring (bicyclic) bond motifs is 1. The van der Waals surface area contributed by atoms with Gasteiger partial charge in [0.25, 0.3) is 0 Å². The summed E-state index contributed by atoms with van der Waals surface area (Å²) >= 11 is 0. The zero-order valence-electron chi connectivity index (χ0n) is 19.9. The molecule has 2 aliphatic heterocycles. The van der Waals surface area contributed by atoms with Crippen molar-refractivity contribution in [1.82, 2.24) is 14.8 Å². The van der Waals surface area contributed by atoms with Crippen LogP contribution in [0.25, 0.3) is 0 Å². The number of anilines is 1. The van der Waals surface area contributed by atoms with Crippen molar-refractivity contribution in [2.45, 2.75) is 51.0 Å². The molecule has 1 unspecified atom stereocenters. The molecule has 0 saturated carbocycles. The van der Waals surface area contributed by atoms with Gasteiger partial charge in [0.05, 0.1) is 42.9 Å². The molecule has 0 spiro atoms. The third kappa shape index (κ3) is 5.79. The van der Waals surface area contributed by atoms with E-state index in [1.165, 1.54) is 4.90 Å². The Balaban J connectivity index is 1.59. The molecule has 0 amide bonds. The first-order valence-electron chi connectivity index (χ1n) is 11.9. The molecule has 4 rings (SSSR count). The molecule has 0 radical (unpaired) electrons. The summed E-state index contributed by atoms with van der Waals surface area (Å²) in [7, 11) is -1.65. The van der Waals surface area contributed by atoms with Gasteiger partial charge in [0.1, 0.15) is 0 Å². The van der Waals surface area contributed by atoms with Gasteiger partial charge in [-0.2, -0.15) is 13.2 Å². The highest BCUT2D eigenvalue weighted by atomic mass is 19.4. The Hall–Kier alpha value is -2.21. The van der Waals surface area contributed by atoms with Crippen molar-refractivity contribution in [2.24, 2.45) is 0 Å². The monoisotopic (exact) mass is 494 g/mol. The molecule has 2 aromatic rings. The molecule has 0 bridgehead atoms. The second kappa shape index (κ2) is 10.4. The zero-order chi connectivity index (χ0) is 25.3. The number of likely N-dealkylation sites (tertiary alicyclic amines) is 1. The Bertz CT molecular complexity index is 1020. The molecule has 1 saturated heterocycles. The van der Waals surface area contributed by atoms with E-state index in [0.717, 1.165) is 30.9 Å². The van der Waals surface area contributed by atoms with Crippen LogP contribution in [0, 0.1) is 6.92 Å². The van der Waals surface area contributed by atoms with E-state index in [1.807, 2.05) is 6.07 Å². The minimum Gasteiger partial charge on any atom is -0.423 e. The Morgan fingerprint density at radius 2 is 1.91 bits per heavy atom. The molecule has 1 aromatic heterocycles. The molecule has 3 heterocycles. The van der Waals surface area contributed by atoms with Crippen LogP contribution in [0.4, 0.5) is 23.2 Å². The first-order chi connectivity index (χ1) is 16.6. The van der Waals surface area contributed by atoms with Gasteiger partial charge in [-0.1, -0.05) is 12.1 Å². The van der Waals surface area contributed by atoms with Crippen molar-refractivity contribution in [2.75, 3.05) is 38.2 Å². The van der Waals surface area contributed by atoms with E-state index in [2.05, 4.69) is 15.2 Å². The Morgan fingerprint density at radius 3 is 2.51 bits per heavy atom. The summed E-state index contributed by atoms with van der Waals surface area (Å²) in [6.45, 7) is 4.49. The summed E-state index contributed by atoms with van der Waals surface area (Å²) in [5.41, 5.74) is 3.85. The summed E-state index contributed by atoms with van der Waals surface area (Å²) < 4.78 is 52.9. The van der Waals surface area contributed by atoms with Crippen molar-refractivity contribution in [3.63, 3.8) is 0 Å². The summed E-state index contributed by atoms with van der Waals surface area (Å²) in [4.78, 5) is 8.13. The highest BCUT2D eigenvalue weighted by Crippen LogP contribution is 2.40. The highest BCUT2D eigenvalue weighted by Gasteiger charge is 2.42. The average Bonchev–Trinajstić information content (AvgIpc) is 2.76. The SMILES string of the molecule is Cc1c(B(O)O)ccc2c1C[C@@H](C)N(CC(F)(F)F)C2c1ccc(NC2CN(CCCF)C2)cn1. The number of aromatic nitrogens is 1. The normalized spacial score (nSPS) is 21.5. The lowest BCUT2D eigenvalue weighted by Gasteiger charge is -2.43. The highest BCUT2D eigenvalue weighted by molar-refractivity contribution is 6.59. The van der Waals surface area contributed by atoms with Gasteiger partial charge in [0, 0.05) is 25.7 Å². The van der Waals surface area contributed by atoms with Gasteiger partial charge in [-0.3, -0.25) is 19.2 Å². The summed E-state index contributed by atoms with van der Waals surface area (Å²) in [5, 5.41) is 22.8. The molecular weight excluding hydrogens is 463 g/mol. The number of nitrogens with one attached hydrogen (secondary N) is 1. The second-order valence-corrected chi connectivity index (χ2v) is 9.58. The molecule has 2 aliphatic rings. The maximum Gasteiger partial charge on any atom is 0.488 e. The standard InChI is InChI=1S/C24H31BF4N4O2/c1-15-10-20-16(2)21(25(34)35)6-5-19(20)23(33(15)14-24(27,28)29)22-7-4-17(11-30-22)31-18-12-32(13-18)9-3-8-26/h4-7,11,15,18,23,31,34-35H,3,8-10,12-14H2,1-2H3/t15-,23?/m1/s1. The Morgan fingerprint density at radius 1 is 1.17 bits per heavy atom. The maximum atomic E-state index is 13.5. The lowest BCUT2D eigenvalue weighted by Crippen LogP contribution is -2.54.